The molecule has 1 aliphatic carbocycles. The highest BCUT2D eigenvalue weighted by Crippen LogP contribution is 2.19. The highest BCUT2D eigenvalue weighted by molar-refractivity contribution is 5.93. The second-order valence-electron chi connectivity index (χ2n) is 4.65. The Kier molecular flexibility index (Phi) is 3.97. The Morgan fingerprint density at radius 2 is 2.06 bits per heavy atom. The second kappa shape index (κ2) is 5.67. The van der Waals surface area contributed by atoms with Crippen LogP contribution in [0.5, 0.6) is 0 Å². The van der Waals surface area contributed by atoms with Gasteiger partial charge in [-0.1, -0.05) is 13.0 Å². The van der Waals surface area contributed by atoms with E-state index >= 15 is 0 Å². The molecule has 0 fully saturated rings. The number of benzene rings is 1. The van der Waals surface area contributed by atoms with Crippen LogP contribution in [0.3, 0.4) is 0 Å². The highest BCUT2D eigenvalue weighted by atomic mass is 19.1. The number of nitrogens with one attached hydrogen (secondary N) is 2. The fourth-order valence-corrected chi connectivity index (χ4v) is 2.04. The summed E-state index contributed by atoms with van der Waals surface area (Å²) < 4.78 is 12.7. The van der Waals surface area contributed by atoms with Crippen molar-refractivity contribution in [1.82, 2.24) is 10.9 Å². The molecule has 3 nitrogen and oxygen atoms in total. The molecular formula is C14H17FN2O. The van der Waals surface area contributed by atoms with Crippen molar-refractivity contribution in [2.24, 2.45) is 5.92 Å². The van der Waals surface area contributed by atoms with Gasteiger partial charge < -0.3 is 5.43 Å². The number of hydrogen-bond acceptors (Lipinski definition) is 2. The lowest BCUT2D eigenvalue weighted by molar-refractivity contribution is 0.0937. The van der Waals surface area contributed by atoms with Crippen LogP contribution in [0.4, 0.5) is 4.39 Å². The summed E-state index contributed by atoms with van der Waals surface area (Å²) in [5.41, 5.74) is 7.05. The Balaban J connectivity index is 1.90. The van der Waals surface area contributed by atoms with E-state index in [9.17, 15) is 9.18 Å². The van der Waals surface area contributed by atoms with Gasteiger partial charge in [-0.3, -0.25) is 10.2 Å². The number of allylic oxidation sites excluding steroid dienone is 2. The van der Waals surface area contributed by atoms with Crippen LogP contribution in [0.15, 0.2) is 36.0 Å². The Hall–Kier alpha value is -1.84. The van der Waals surface area contributed by atoms with Crippen molar-refractivity contribution in [3.8, 4) is 0 Å². The van der Waals surface area contributed by atoms with E-state index in [2.05, 4.69) is 23.9 Å². The van der Waals surface area contributed by atoms with Crippen LogP contribution in [0, 0.1) is 11.7 Å². The molecule has 0 saturated carbocycles. The molecule has 0 aromatic heterocycles. The smallest absolute Gasteiger partial charge is 0.269 e. The molecule has 0 aliphatic heterocycles. The first kappa shape index (κ1) is 12.6. The van der Waals surface area contributed by atoms with E-state index in [0.29, 0.717) is 11.5 Å². The highest BCUT2D eigenvalue weighted by Gasteiger charge is 2.10. The molecule has 96 valence electrons. The lowest BCUT2D eigenvalue weighted by Gasteiger charge is -2.19. The van der Waals surface area contributed by atoms with Crippen molar-refractivity contribution in [3.05, 3.63) is 47.4 Å². The Morgan fingerprint density at radius 3 is 2.72 bits per heavy atom. The number of halogens is 1. The van der Waals surface area contributed by atoms with Crippen LogP contribution in [0.2, 0.25) is 0 Å². The van der Waals surface area contributed by atoms with Crippen LogP contribution in [0.25, 0.3) is 0 Å². The predicted octanol–water partition coefficient (Wildman–Crippen LogP) is 2.76. The summed E-state index contributed by atoms with van der Waals surface area (Å²) in [5, 5.41) is 0. The first-order valence-corrected chi connectivity index (χ1v) is 6.18. The summed E-state index contributed by atoms with van der Waals surface area (Å²) in [6.45, 7) is 2.16. The minimum atomic E-state index is -0.344. The topological polar surface area (TPSA) is 41.1 Å². The summed E-state index contributed by atoms with van der Waals surface area (Å²) in [7, 11) is 0. The Morgan fingerprint density at radius 1 is 1.33 bits per heavy atom. The largest absolute Gasteiger partial charge is 0.303 e. The van der Waals surface area contributed by atoms with Crippen LogP contribution >= 0.6 is 0 Å². The maximum Gasteiger partial charge on any atom is 0.269 e. The first-order valence-electron chi connectivity index (χ1n) is 6.18. The quantitative estimate of drug-likeness (QED) is 0.808. The minimum absolute atomic E-state index is 0.255. The van der Waals surface area contributed by atoms with Crippen molar-refractivity contribution in [2.75, 3.05) is 0 Å². The van der Waals surface area contributed by atoms with Gasteiger partial charge in [-0.05, 0) is 49.4 Å². The Bertz CT molecular complexity index is 453. The summed E-state index contributed by atoms with van der Waals surface area (Å²) >= 11 is 0. The van der Waals surface area contributed by atoms with E-state index in [-0.39, 0.29) is 11.7 Å². The molecule has 18 heavy (non-hydrogen) atoms. The molecule has 1 aromatic rings. The van der Waals surface area contributed by atoms with Crippen molar-refractivity contribution < 1.29 is 9.18 Å². The maximum absolute atomic E-state index is 12.7. The van der Waals surface area contributed by atoms with Gasteiger partial charge in [0.15, 0.2) is 0 Å². The first-order chi connectivity index (χ1) is 8.65. The molecule has 0 unspecified atom stereocenters. The average molecular weight is 248 g/mol. The molecule has 4 heteroatoms. The van der Waals surface area contributed by atoms with Crippen molar-refractivity contribution in [2.45, 2.75) is 26.2 Å². The van der Waals surface area contributed by atoms with E-state index < -0.39 is 0 Å². The molecule has 0 spiro atoms. The fraction of sp³-hybridized carbons (Fsp3) is 0.357. The fourth-order valence-electron chi connectivity index (χ4n) is 2.04. The lowest BCUT2D eigenvalue weighted by atomic mass is 9.96. The third-order valence-electron chi connectivity index (χ3n) is 3.03. The zero-order valence-corrected chi connectivity index (χ0v) is 10.4. The summed E-state index contributed by atoms with van der Waals surface area (Å²) in [5.74, 6) is -0.0542. The van der Waals surface area contributed by atoms with Gasteiger partial charge in [0.25, 0.3) is 5.91 Å². The molecule has 1 atom stereocenters. The lowest BCUT2D eigenvalue weighted by Crippen LogP contribution is -2.37. The van der Waals surface area contributed by atoms with Crippen molar-refractivity contribution in [3.63, 3.8) is 0 Å². The molecule has 1 amide bonds. The minimum Gasteiger partial charge on any atom is -0.303 e. The SMILES string of the molecule is C[C@@H]1C=C(NNC(=O)c2ccc(F)cc2)CCC1. The van der Waals surface area contributed by atoms with E-state index in [0.717, 1.165) is 18.5 Å². The predicted molar refractivity (Wildman–Crippen MR) is 68.1 cm³/mol. The normalized spacial score (nSPS) is 19.0. The molecule has 0 saturated heterocycles. The number of carbonyl (C=O) groups is 1. The zero-order chi connectivity index (χ0) is 13.0. The van der Waals surface area contributed by atoms with Gasteiger partial charge in [0.1, 0.15) is 5.82 Å². The van der Waals surface area contributed by atoms with Gasteiger partial charge in [0.2, 0.25) is 0 Å². The second-order valence-corrected chi connectivity index (χ2v) is 4.65. The van der Waals surface area contributed by atoms with Crippen LogP contribution in [-0.4, -0.2) is 5.91 Å². The number of hydrogen-bond donors (Lipinski definition) is 2. The van der Waals surface area contributed by atoms with E-state index in [1.54, 1.807) is 0 Å². The molecule has 0 bridgehead atoms. The molecule has 0 radical (unpaired) electrons. The monoisotopic (exact) mass is 248 g/mol. The molecular weight excluding hydrogens is 231 g/mol. The maximum atomic E-state index is 12.7. The van der Waals surface area contributed by atoms with Gasteiger partial charge in [-0.2, -0.15) is 0 Å². The Labute approximate surface area is 106 Å². The number of rotatable bonds is 3. The van der Waals surface area contributed by atoms with Crippen molar-refractivity contribution in [1.29, 1.82) is 0 Å². The number of carbonyl (C=O) groups excluding carboxylic acids is 1. The molecule has 2 rings (SSSR count). The van der Waals surface area contributed by atoms with Gasteiger partial charge in [-0.25, -0.2) is 4.39 Å². The third-order valence-corrected chi connectivity index (χ3v) is 3.03. The molecule has 1 aliphatic rings. The van der Waals surface area contributed by atoms with Gasteiger partial charge in [-0.15, -0.1) is 0 Å². The van der Waals surface area contributed by atoms with Crippen molar-refractivity contribution >= 4 is 5.91 Å². The van der Waals surface area contributed by atoms with E-state index in [1.165, 1.54) is 30.7 Å². The van der Waals surface area contributed by atoms with E-state index in [1.807, 2.05) is 0 Å². The van der Waals surface area contributed by atoms with Crippen LogP contribution < -0.4 is 10.9 Å². The van der Waals surface area contributed by atoms with E-state index in [4.69, 9.17) is 0 Å². The van der Waals surface area contributed by atoms with Crippen LogP contribution in [-0.2, 0) is 0 Å². The van der Waals surface area contributed by atoms with Gasteiger partial charge in [0, 0.05) is 11.3 Å². The number of amides is 1. The van der Waals surface area contributed by atoms with Gasteiger partial charge in [0.05, 0.1) is 0 Å². The molecule has 0 heterocycles. The molecule has 1 aromatic carbocycles. The summed E-state index contributed by atoms with van der Waals surface area (Å²) in [4.78, 5) is 11.8. The molecule has 2 N–H and O–H groups in total. The standard InChI is InChI=1S/C14H17FN2O/c1-10-3-2-4-13(9-10)16-17-14(18)11-5-7-12(15)8-6-11/h5-10,16H,2-4H2,1H3,(H,17,18)/t10-/m0/s1. The third kappa shape index (κ3) is 3.32. The average Bonchev–Trinajstić information content (AvgIpc) is 2.37. The zero-order valence-electron chi connectivity index (χ0n) is 10.4. The summed E-state index contributed by atoms with van der Waals surface area (Å²) in [6.07, 6.45) is 5.41. The van der Waals surface area contributed by atoms with Gasteiger partial charge >= 0.3 is 0 Å². The number of hydrazine groups is 1. The van der Waals surface area contributed by atoms with Crippen LogP contribution in [0.1, 0.15) is 36.5 Å². The summed E-state index contributed by atoms with van der Waals surface area (Å²) in [6, 6.07) is 5.47.